The quantitative estimate of drug-likeness (QED) is 0.172. The molecule has 0 aliphatic heterocycles. The van der Waals surface area contributed by atoms with E-state index in [-0.39, 0.29) is 17.4 Å². The van der Waals surface area contributed by atoms with Gasteiger partial charge in [-0.1, -0.05) is 86.6 Å². The van der Waals surface area contributed by atoms with E-state index >= 15 is 0 Å². The first-order chi connectivity index (χ1) is 21.0. The van der Waals surface area contributed by atoms with Crippen molar-refractivity contribution in [1.29, 1.82) is 0 Å². The summed E-state index contributed by atoms with van der Waals surface area (Å²) >= 11 is 8.33. The summed E-state index contributed by atoms with van der Waals surface area (Å²) in [7, 11) is -2.13. The second-order valence-electron chi connectivity index (χ2n) is 13.7. The number of rotatable bonds is 14. The number of benzene rings is 3. The lowest BCUT2D eigenvalue weighted by Crippen LogP contribution is -2.47. The largest absolute Gasteiger partial charge is 0.489 e. The van der Waals surface area contributed by atoms with E-state index in [2.05, 4.69) is 45.2 Å². The van der Waals surface area contributed by atoms with Gasteiger partial charge < -0.3 is 19.2 Å². The first-order valence-electron chi connectivity index (χ1n) is 15.4. The van der Waals surface area contributed by atoms with Gasteiger partial charge in [-0.05, 0) is 99.6 Å². The van der Waals surface area contributed by atoms with Crippen molar-refractivity contribution in [2.24, 2.45) is 0 Å². The van der Waals surface area contributed by atoms with Gasteiger partial charge in [0.25, 0.3) is 0 Å². The molecule has 3 rings (SSSR count). The maximum absolute atomic E-state index is 13.3. The van der Waals surface area contributed by atoms with Gasteiger partial charge in [0, 0.05) is 14.8 Å². The Morgan fingerprint density at radius 2 is 1.60 bits per heavy atom. The molecule has 0 heterocycles. The highest BCUT2D eigenvalue weighted by Gasteiger charge is 2.38. The molecular weight excluding hydrogens is 622 g/mol. The fourth-order valence-electron chi connectivity index (χ4n) is 4.13. The number of hydrogen-bond donors (Lipinski definition) is 1. The molecule has 3 aromatic carbocycles. The Morgan fingerprint density at radius 1 is 0.911 bits per heavy atom. The Kier molecular flexibility index (Phi) is 13.2. The van der Waals surface area contributed by atoms with Crippen LogP contribution >= 0.6 is 23.4 Å². The van der Waals surface area contributed by atoms with Crippen LogP contribution in [0.2, 0.25) is 23.2 Å². The molecule has 0 aliphatic carbocycles. The second kappa shape index (κ2) is 16.2. The number of carbonyl (C=O) groups excluding carboxylic acids is 2. The van der Waals surface area contributed by atoms with Crippen LogP contribution in [-0.2, 0) is 27.0 Å². The molecule has 1 amide bonds. The molecule has 1 N–H and O–H groups in total. The van der Waals surface area contributed by atoms with E-state index in [1.165, 1.54) is 0 Å². The first-order valence-corrected chi connectivity index (χ1v) is 19.5. The summed E-state index contributed by atoms with van der Waals surface area (Å²) in [6.45, 7) is 16.5. The molecule has 6 nitrogen and oxygen atoms in total. The lowest BCUT2D eigenvalue weighted by atomic mass is 10.0. The van der Waals surface area contributed by atoms with Crippen molar-refractivity contribution in [3.05, 3.63) is 88.9 Å². The molecule has 244 valence electrons. The van der Waals surface area contributed by atoms with Crippen molar-refractivity contribution in [3.63, 3.8) is 0 Å². The summed E-state index contributed by atoms with van der Waals surface area (Å²) in [6, 6.07) is 23.4. The predicted molar refractivity (Wildman–Crippen MR) is 187 cm³/mol. The van der Waals surface area contributed by atoms with Crippen LogP contribution in [0, 0.1) is 0 Å². The zero-order valence-electron chi connectivity index (χ0n) is 27.9. The van der Waals surface area contributed by atoms with Gasteiger partial charge in [-0.15, -0.1) is 0 Å². The van der Waals surface area contributed by atoms with E-state index in [1.54, 1.807) is 32.5 Å². The topological polar surface area (TPSA) is 73.9 Å². The molecule has 0 saturated heterocycles. The minimum absolute atomic E-state index is 0.0263. The maximum atomic E-state index is 13.3. The average Bonchev–Trinajstić information content (AvgIpc) is 2.94. The van der Waals surface area contributed by atoms with Crippen LogP contribution < -0.4 is 10.1 Å². The maximum Gasteiger partial charge on any atom is 0.408 e. The summed E-state index contributed by atoms with van der Waals surface area (Å²) in [5.41, 5.74) is 1.44. The molecule has 0 bridgehead atoms. The van der Waals surface area contributed by atoms with Gasteiger partial charge in [0.1, 0.15) is 18.0 Å². The monoisotopic (exact) mass is 669 g/mol. The van der Waals surface area contributed by atoms with Gasteiger partial charge >= 0.3 is 6.09 Å². The summed E-state index contributed by atoms with van der Waals surface area (Å²) < 4.78 is 17.6. The lowest BCUT2D eigenvalue weighted by molar-refractivity contribution is -0.123. The van der Waals surface area contributed by atoms with Gasteiger partial charge in [0.05, 0.1) is 12.6 Å². The fraction of sp³-hybridized carbons (Fsp3) is 0.444. The van der Waals surface area contributed by atoms with E-state index in [4.69, 9.17) is 25.5 Å². The number of amides is 1. The molecule has 1 unspecified atom stereocenters. The number of nitrogens with one attached hydrogen (secondary N) is 1. The number of alkyl carbamates (subject to hydrolysis) is 1. The highest BCUT2D eigenvalue weighted by molar-refractivity contribution is 7.99. The van der Waals surface area contributed by atoms with Gasteiger partial charge in [-0.2, -0.15) is 0 Å². The van der Waals surface area contributed by atoms with Crippen LogP contribution in [0.5, 0.6) is 5.75 Å². The van der Waals surface area contributed by atoms with E-state index in [1.807, 2.05) is 66.7 Å². The smallest absolute Gasteiger partial charge is 0.408 e. The molecule has 0 aliphatic rings. The zero-order chi connectivity index (χ0) is 33.3. The van der Waals surface area contributed by atoms with E-state index < -0.39 is 26.1 Å². The third-order valence-corrected chi connectivity index (χ3v) is 13.5. The molecule has 45 heavy (non-hydrogen) atoms. The van der Waals surface area contributed by atoms with Crippen LogP contribution in [0.3, 0.4) is 0 Å². The minimum Gasteiger partial charge on any atom is -0.489 e. The third kappa shape index (κ3) is 12.5. The molecule has 1 atom stereocenters. The second-order valence-corrected chi connectivity index (χ2v) is 20.1. The number of ether oxygens (including phenoxy) is 2. The molecule has 0 aromatic heterocycles. The van der Waals surface area contributed by atoms with Crippen LogP contribution in [0.4, 0.5) is 4.79 Å². The summed E-state index contributed by atoms with van der Waals surface area (Å²) in [4.78, 5) is 27.9. The molecule has 0 fully saturated rings. The molecule has 0 saturated carbocycles. The number of Topliss-reactive ketones (excluding diaryl/α,β-unsaturated/α-hetero) is 1. The van der Waals surface area contributed by atoms with Gasteiger partial charge in [0.2, 0.25) is 0 Å². The van der Waals surface area contributed by atoms with E-state index in [0.717, 1.165) is 26.7 Å². The highest BCUT2D eigenvalue weighted by atomic mass is 35.5. The zero-order valence-corrected chi connectivity index (χ0v) is 30.4. The Balaban J connectivity index is 1.59. The Labute approximate surface area is 279 Å². The molecule has 0 spiro atoms. The molecule has 0 radical (unpaired) electrons. The summed E-state index contributed by atoms with van der Waals surface area (Å²) in [6.07, 6.45) is 1.15. The van der Waals surface area contributed by atoms with Crippen molar-refractivity contribution in [3.8, 4) is 5.75 Å². The predicted octanol–water partition coefficient (Wildman–Crippen LogP) is 9.88. The lowest BCUT2D eigenvalue weighted by Gasteiger charge is -2.36. The molecular formula is C36H48ClNO5SSi. The highest BCUT2D eigenvalue weighted by Crippen LogP contribution is 2.37. The van der Waals surface area contributed by atoms with Crippen LogP contribution in [-0.4, -0.2) is 38.4 Å². The summed E-state index contributed by atoms with van der Waals surface area (Å²) in [5, 5.41) is 3.43. The molecule has 9 heteroatoms. The molecule has 3 aromatic rings. The fourth-order valence-corrected chi connectivity index (χ4v) is 6.31. The first kappa shape index (κ1) is 36.7. The van der Waals surface area contributed by atoms with E-state index in [0.29, 0.717) is 30.9 Å². The van der Waals surface area contributed by atoms with Crippen LogP contribution in [0.15, 0.2) is 82.6 Å². The average molecular weight is 670 g/mol. The number of aryl methyl sites for hydroxylation is 1. The third-order valence-electron chi connectivity index (χ3n) is 7.71. The van der Waals surface area contributed by atoms with Crippen molar-refractivity contribution in [2.45, 2.75) is 107 Å². The van der Waals surface area contributed by atoms with Crippen molar-refractivity contribution >= 4 is 43.6 Å². The van der Waals surface area contributed by atoms with Crippen LogP contribution in [0.1, 0.15) is 65.5 Å². The number of hydrogen-bond acceptors (Lipinski definition) is 6. The van der Waals surface area contributed by atoms with Crippen molar-refractivity contribution in [1.82, 2.24) is 5.32 Å². The standard InChI is InChI=1S/C36H48ClNO5SSi/c1-35(2,3)43-34(40)38-32(33(39)25-42-45(7,8)36(4,5)6)19-12-16-27-20-21-30(23-31(27)37)44-29-18-13-17-28(22-29)41-24-26-14-10-9-11-15-26/h9-11,13-15,17-18,20-23,32H,12,16,19,24-25H2,1-8H3,(H,38,40). The Morgan fingerprint density at radius 3 is 2.24 bits per heavy atom. The van der Waals surface area contributed by atoms with Gasteiger partial charge in [-0.25, -0.2) is 4.79 Å². The van der Waals surface area contributed by atoms with Gasteiger partial charge in [-0.3, -0.25) is 4.79 Å². The van der Waals surface area contributed by atoms with Crippen molar-refractivity contribution < 1.29 is 23.5 Å². The van der Waals surface area contributed by atoms with Gasteiger partial charge in [0.15, 0.2) is 14.1 Å². The van der Waals surface area contributed by atoms with Crippen LogP contribution in [0.25, 0.3) is 0 Å². The Hall–Kier alpha value is -2.78. The minimum atomic E-state index is -2.13. The number of carbonyl (C=O) groups is 2. The normalized spacial score (nSPS) is 12.8. The number of halogens is 1. The van der Waals surface area contributed by atoms with E-state index in [9.17, 15) is 9.59 Å². The van der Waals surface area contributed by atoms with Crippen molar-refractivity contribution in [2.75, 3.05) is 6.61 Å². The number of ketones is 1. The summed E-state index contributed by atoms with van der Waals surface area (Å²) in [5.74, 6) is 0.656. The Bertz CT molecular complexity index is 1420. The SMILES string of the molecule is CC(C)(C)OC(=O)NC(CCCc1ccc(Sc2cccc(OCc3ccccc3)c2)cc1Cl)C(=O)CO[Si](C)(C)C(C)(C)C.